The van der Waals surface area contributed by atoms with E-state index in [9.17, 15) is 14.4 Å². The maximum Gasteiger partial charge on any atom is 0.306 e. The van der Waals surface area contributed by atoms with Crippen LogP contribution < -0.4 is 0 Å². The summed E-state index contributed by atoms with van der Waals surface area (Å²) in [6.45, 7) is 6.29. The molecule has 0 saturated carbocycles. The van der Waals surface area contributed by atoms with Gasteiger partial charge < -0.3 is 14.2 Å². The number of esters is 3. The van der Waals surface area contributed by atoms with Gasteiger partial charge in [-0.2, -0.15) is 0 Å². The summed E-state index contributed by atoms with van der Waals surface area (Å²) in [4.78, 5) is 38.0. The van der Waals surface area contributed by atoms with Gasteiger partial charge in [0.1, 0.15) is 13.2 Å². The highest BCUT2D eigenvalue weighted by atomic mass is 16.6. The summed E-state index contributed by atoms with van der Waals surface area (Å²) in [5.41, 5.74) is 0. The number of allylic oxidation sites excluding steroid dienone is 20. The van der Waals surface area contributed by atoms with Crippen molar-refractivity contribution in [1.29, 1.82) is 0 Å². The van der Waals surface area contributed by atoms with Crippen LogP contribution in [-0.4, -0.2) is 37.2 Å². The van der Waals surface area contributed by atoms with Crippen molar-refractivity contribution >= 4 is 17.9 Å². The molecule has 1 unspecified atom stereocenters. The van der Waals surface area contributed by atoms with Crippen LogP contribution in [0.4, 0.5) is 0 Å². The molecule has 0 fully saturated rings. The minimum Gasteiger partial charge on any atom is -0.462 e. The summed E-state index contributed by atoms with van der Waals surface area (Å²) in [5.74, 6) is -0.989. The van der Waals surface area contributed by atoms with E-state index in [4.69, 9.17) is 14.2 Å². The van der Waals surface area contributed by atoms with E-state index < -0.39 is 6.10 Å². The number of hydrogen-bond acceptors (Lipinski definition) is 6. The molecule has 0 aliphatic heterocycles. The van der Waals surface area contributed by atoms with Crippen molar-refractivity contribution in [1.82, 2.24) is 0 Å². The van der Waals surface area contributed by atoms with Gasteiger partial charge in [-0.15, -0.1) is 0 Å². The number of carbonyl (C=O) groups is 3. The maximum absolute atomic E-state index is 12.8. The fourth-order valence-electron chi connectivity index (χ4n) is 6.94. The number of carbonyl (C=O) groups excluding carboxylic acids is 3. The van der Waals surface area contributed by atoms with Gasteiger partial charge in [0, 0.05) is 19.3 Å². The number of ether oxygens (including phenoxy) is 3. The highest BCUT2D eigenvalue weighted by Crippen LogP contribution is 2.14. The van der Waals surface area contributed by atoms with Crippen LogP contribution in [0.5, 0.6) is 0 Å². The Hall–Kier alpha value is -4.19. The highest BCUT2D eigenvalue weighted by molar-refractivity contribution is 5.71. The van der Waals surface area contributed by atoms with Gasteiger partial charge in [-0.3, -0.25) is 14.4 Å². The Morgan fingerprint density at radius 3 is 0.985 bits per heavy atom. The Labute approximate surface area is 405 Å². The van der Waals surface area contributed by atoms with Gasteiger partial charge in [0.2, 0.25) is 0 Å². The first kappa shape index (κ1) is 61.8. The predicted molar refractivity (Wildman–Crippen MR) is 283 cm³/mol. The second kappa shape index (κ2) is 53.4. The average molecular weight is 913 g/mol. The SMILES string of the molecule is CC\C=C/C=C\C=C/C=C\C=C\C=C/CCCCCC(=O)OC(COC(=O)CCCCCCC\C=C/C=C\C=C/CC)COC(=O)CCCCCCC/C=C\CCCCCCCCCCC. The third-order valence-corrected chi connectivity index (χ3v) is 10.9. The van der Waals surface area contributed by atoms with Crippen molar-refractivity contribution in [2.75, 3.05) is 13.2 Å². The predicted octanol–water partition coefficient (Wildman–Crippen LogP) is 17.7. The molecule has 0 radical (unpaired) electrons. The number of hydrogen-bond donors (Lipinski definition) is 0. The van der Waals surface area contributed by atoms with Gasteiger partial charge in [-0.05, 0) is 83.5 Å². The zero-order valence-corrected chi connectivity index (χ0v) is 42.4. The molecule has 0 aromatic rings. The fourth-order valence-corrected chi connectivity index (χ4v) is 6.94. The number of unbranched alkanes of at least 4 members (excludes halogenated alkanes) is 22. The molecule has 0 spiro atoms. The molecule has 0 aromatic heterocycles. The van der Waals surface area contributed by atoms with Crippen LogP contribution in [0.25, 0.3) is 0 Å². The van der Waals surface area contributed by atoms with Crippen molar-refractivity contribution in [3.63, 3.8) is 0 Å². The van der Waals surface area contributed by atoms with Crippen molar-refractivity contribution in [2.24, 2.45) is 0 Å². The van der Waals surface area contributed by atoms with Crippen molar-refractivity contribution in [3.8, 4) is 0 Å². The van der Waals surface area contributed by atoms with Gasteiger partial charge in [-0.1, -0.05) is 239 Å². The molecule has 0 N–H and O–H groups in total. The molecule has 0 rings (SSSR count). The molecule has 0 aromatic carbocycles. The van der Waals surface area contributed by atoms with Crippen molar-refractivity contribution in [2.45, 2.75) is 226 Å². The summed E-state index contributed by atoms with van der Waals surface area (Å²) in [5, 5.41) is 0. The van der Waals surface area contributed by atoms with E-state index in [0.29, 0.717) is 19.3 Å². The monoisotopic (exact) mass is 913 g/mol. The second-order valence-corrected chi connectivity index (χ2v) is 17.2. The molecule has 6 nitrogen and oxygen atoms in total. The van der Waals surface area contributed by atoms with Gasteiger partial charge in [0.25, 0.3) is 0 Å². The topological polar surface area (TPSA) is 78.9 Å². The summed E-state index contributed by atoms with van der Waals surface area (Å²) in [6.07, 6.45) is 73.2. The molecule has 372 valence electrons. The lowest BCUT2D eigenvalue weighted by molar-refractivity contribution is -0.167. The first-order valence-corrected chi connectivity index (χ1v) is 26.7. The van der Waals surface area contributed by atoms with E-state index in [0.717, 1.165) is 103 Å². The molecule has 0 aliphatic carbocycles. The van der Waals surface area contributed by atoms with Gasteiger partial charge in [0.15, 0.2) is 6.10 Å². The van der Waals surface area contributed by atoms with Crippen LogP contribution in [0, 0.1) is 0 Å². The van der Waals surface area contributed by atoms with Crippen LogP contribution in [0.2, 0.25) is 0 Å². The van der Waals surface area contributed by atoms with Crippen molar-refractivity contribution in [3.05, 3.63) is 122 Å². The minimum atomic E-state index is -0.817. The minimum absolute atomic E-state index is 0.111. The lowest BCUT2D eigenvalue weighted by Gasteiger charge is -2.18. The molecule has 66 heavy (non-hydrogen) atoms. The lowest BCUT2D eigenvalue weighted by Crippen LogP contribution is -2.30. The van der Waals surface area contributed by atoms with E-state index in [2.05, 4.69) is 81.5 Å². The maximum atomic E-state index is 12.8. The van der Waals surface area contributed by atoms with Gasteiger partial charge in [-0.25, -0.2) is 0 Å². The molecule has 0 saturated heterocycles. The lowest BCUT2D eigenvalue weighted by atomic mass is 10.1. The Bertz CT molecular complexity index is 1420. The third kappa shape index (κ3) is 50.8. The number of rotatable bonds is 46. The Kier molecular flexibility index (Phi) is 50.0. The van der Waals surface area contributed by atoms with E-state index in [1.54, 1.807) is 0 Å². The zero-order valence-electron chi connectivity index (χ0n) is 42.4. The summed E-state index contributed by atoms with van der Waals surface area (Å²) in [6, 6.07) is 0. The Morgan fingerprint density at radius 2 is 0.606 bits per heavy atom. The van der Waals surface area contributed by atoms with Crippen LogP contribution in [0.3, 0.4) is 0 Å². The van der Waals surface area contributed by atoms with Crippen LogP contribution in [-0.2, 0) is 28.6 Å². The van der Waals surface area contributed by atoms with Crippen LogP contribution >= 0.6 is 0 Å². The molecule has 0 bridgehead atoms. The van der Waals surface area contributed by atoms with E-state index in [1.165, 1.54) is 70.6 Å². The zero-order chi connectivity index (χ0) is 47.9. The molecule has 0 amide bonds. The fraction of sp³-hybridized carbons (Fsp3) is 0.617. The molecular formula is C60H96O6. The van der Waals surface area contributed by atoms with Crippen LogP contribution in [0.1, 0.15) is 220 Å². The van der Waals surface area contributed by atoms with Gasteiger partial charge in [0.05, 0.1) is 0 Å². The van der Waals surface area contributed by atoms with Crippen LogP contribution in [0.15, 0.2) is 122 Å². The Balaban J connectivity index is 4.52. The van der Waals surface area contributed by atoms with Gasteiger partial charge >= 0.3 is 17.9 Å². The summed E-state index contributed by atoms with van der Waals surface area (Å²) >= 11 is 0. The third-order valence-electron chi connectivity index (χ3n) is 10.9. The molecule has 6 heteroatoms. The average Bonchev–Trinajstić information content (AvgIpc) is 3.31. The van der Waals surface area contributed by atoms with E-state index in [-0.39, 0.29) is 37.5 Å². The first-order chi connectivity index (χ1) is 32.5. The summed E-state index contributed by atoms with van der Waals surface area (Å²) < 4.78 is 16.8. The second-order valence-electron chi connectivity index (χ2n) is 17.2. The standard InChI is InChI=1S/C60H96O6/c1-4-7-10-13-16-19-22-25-27-29-31-32-35-38-41-44-47-50-53-59(62)65-56-57(55-64-58(61)52-49-46-43-40-37-34-24-21-18-15-12-9-6-3)66-60(63)54-51-48-45-42-39-36-33-30-28-26-23-20-17-14-11-8-5-2/h8-9,11-12,14-15,17-18,20-21,23-24,26,28,30-33,36,39,57H,4-7,10,13,16,19,22,25,27,29,34-35,37-38,40-56H2,1-3H3/b11-8-,12-9-,17-14-,18-15-,23-20-,24-21-,28-26-,32-31-,33-30+,39-36-. The largest absolute Gasteiger partial charge is 0.462 e. The highest BCUT2D eigenvalue weighted by Gasteiger charge is 2.19. The molecule has 0 aliphatic rings. The summed E-state index contributed by atoms with van der Waals surface area (Å²) in [7, 11) is 0. The normalized spacial score (nSPS) is 13.1. The molecule has 1 atom stereocenters. The molecule has 0 heterocycles. The first-order valence-electron chi connectivity index (χ1n) is 26.7. The van der Waals surface area contributed by atoms with E-state index in [1.807, 2.05) is 60.8 Å². The smallest absolute Gasteiger partial charge is 0.306 e. The molecular weight excluding hydrogens is 817 g/mol. The quantitative estimate of drug-likeness (QED) is 0.0199. The Morgan fingerprint density at radius 1 is 0.318 bits per heavy atom. The van der Waals surface area contributed by atoms with E-state index >= 15 is 0 Å². The van der Waals surface area contributed by atoms with Crippen molar-refractivity contribution < 1.29 is 28.6 Å².